The van der Waals surface area contributed by atoms with Crippen LogP contribution in [0.2, 0.25) is 0 Å². The maximum Gasteiger partial charge on any atom is 0.223 e. The van der Waals surface area contributed by atoms with Crippen molar-refractivity contribution in [3.05, 3.63) is 59.4 Å². The number of carbonyl (C=O) groups excluding carboxylic acids is 1. The van der Waals surface area contributed by atoms with Crippen LogP contribution < -0.4 is 9.47 Å². The lowest BCUT2D eigenvalue weighted by molar-refractivity contribution is -0.132. The largest absolute Gasteiger partial charge is 0.493 e. The van der Waals surface area contributed by atoms with Gasteiger partial charge in [-0.05, 0) is 43.0 Å². The van der Waals surface area contributed by atoms with Gasteiger partial charge in [0.2, 0.25) is 5.91 Å². The average molecular weight is 357 g/mol. The summed E-state index contributed by atoms with van der Waals surface area (Å²) in [6.07, 6.45) is 2.99. The Balaban J connectivity index is 1.65. The number of halogens is 1. The Labute approximate surface area is 153 Å². The highest BCUT2D eigenvalue weighted by atomic mass is 19.1. The molecule has 0 aromatic heterocycles. The van der Waals surface area contributed by atoms with Gasteiger partial charge in [0.15, 0.2) is 11.5 Å². The van der Waals surface area contributed by atoms with E-state index in [9.17, 15) is 9.18 Å². The number of methoxy groups -OCH3 is 2. The minimum atomic E-state index is -0.258. The Bertz CT molecular complexity index is 774. The molecule has 0 bridgehead atoms. The summed E-state index contributed by atoms with van der Waals surface area (Å²) in [6, 6.07) is 12.6. The quantitative estimate of drug-likeness (QED) is 0.718. The Kier molecular flexibility index (Phi) is 5.76. The van der Waals surface area contributed by atoms with E-state index in [1.807, 2.05) is 23.1 Å². The Hall–Kier alpha value is -2.56. The van der Waals surface area contributed by atoms with E-state index >= 15 is 0 Å². The molecule has 4 nitrogen and oxygen atoms in total. The van der Waals surface area contributed by atoms with Crippen molar-refractivity contribution in [1.29, 1.82) is 0 Å². The van der Waals surface area contributed by atoms with E-state index in [0.29, 0.717) is 36.4 Å². The Morgan fingerprint density at radius 3 is 2.50 bits per heavy atom. The van der Waals surface area contributed by atoms with Gasteiger partial charge >= 0.3 is 0 Å². The van der Waals surface area contributed by atoms with Crippen LogP contribution in [0.1, 0.15) is 30.4 Å². The molecule has 1 amide bonds. The van der Waals surface area contributed by atoms with Crippen LogP contribution in [0.3, 0.4) is 0 Å². The van der Waals surface area contributed by atoms with E-state index in [2.05, 4.69) is 0 Å². The van der Waals surface area contributed by atoms with Gasteiger partial charge in [-0.1, -0.05) is 24.3 Å². The lowest BCUT2D eigenvalue weighted by Gasteiger charge is -2.23. The predicted molar refractivity (Wildman–Crippen MR) is 97.8 cm³/mol. The zero-order valence-corrected chi connectivity index (χ0v) is 15.2. The zero-order valence-electron chi connectivity index (χ0n) is 15.2. The predicted octanol–water partition coefficient (Wildman–Crippen LogP) is 3.97. The summed E-state index contributed by atoms with van der Waals surface area (Å²) < 4.78 is 24.5. The van der Waals surface area contributed by atoms with Gasteiger partial charge in [-0.2, -0.15) is 0 Å². The van der Waals surface area contributed by atoms with Crippen LogP contribution in [0, 0.1) is 5.82 Å². The molecule has 26 heavy (non-hydrogen) atoms. The van der Waals surface area contributed by atoms with Gasteiger partial charge in [-0.25, -0.2) is 4.39 Å². The van der Waals surface area contributed by atoms with Crippen molar-refractivity contribution in [2.24, 2.45) is 0 Å². The molecule has 0 aliphatic heterocycles. The topological polar surface area (TPSA) is 38.8 Å². The number of benzene rings is 2. The summed E-state index contributed by atoms with van der Waals surface area (Å²) in [6.45, 7) is 0.335. The number of carbonyl (C=O) groups is 1. The van der Waals surface area contributed by atoms with Crippen molar-refractivity contribution >= 4 is 5.91 Å². The van der Waals surface area contributed by atoms with E-state index in [1.54, 1.807) is 32.4 Å². The van der Waals surface area contributed by atoms with E-state index in [1.165, 1.54) is 6.07 Å². The van der Waals surface area contributed by atoms with Gasteiger partial charge in [-0.3, -0.25) is 4.79 Å². The number of hydrogen-bond acceptors (Lipinski definition) is 3. The standard InChI is InChI=1S/C21H24FNO3/c1-25-19-11-7-15(13-20(19)26-2)8-12-21(24)23(17-9-10-17)14-16-5-3-4-6-18(16)22/h3-7,11,13,17H,8-10,12,14H2,1-2H3. The van der Waals surface area contributed by atoms with Crippen molar-refractivity contribution in [3.63, 3.8) is 0 Å². The third-order valence-electron chi connectivity index (χ3n) is 4.68. The summed E-state index contributed by atoms with van der Waals surface area (Å²) in [5.74, 6) is 1.13. The van der Waals surface area contributed by atoms with Gasteiger partial charge < -0.3 is 14.4 Å². The molecule has 0 radical (unpaired) electrons. The van der Waals surface area contributed by atoms with E-state index in [0.717, 1.165) is 18.4 Å². The highest BCUT2D eigenvalue weighted by Gasteiger charge is 2.32. The fourth-order valence-corrected chi connectivity index (χ4v) is 3.05. The molecule has 2 aromatic rings. The van der Waals surface area contributed by atoms with Gasteiger partial charge in [0.05, 0.1) is 14.2 Å². The van der Waals surface area contributed by atoms with Gasteiger partial charge in [0.1, 0.15) is 5.82 Å². The number of ether oxygens (including phenoxy) is 2. The zero-order chi connectivity index (χ0) is 18.5. The van der Waals surface area contributed by atoms with Gasteiger partial charge in [-0.15, -0.1) is 0 Å². The maximum atomic E-state index is 13.9. The summed E-state index contributed by atoms with van der Waals surface area (Å²) in [4.78, 5) is 14.6. The summed E-state index contributed by atoms with van der Waals surface area (Å²) in [5, 5.41) is 0. The molecule has 3 rings (SSSR count). The maximum absolute atomic E-state index is 13.9. The Morgan fingerprint density at radius 2 is 1.85 bits per heavy atom. The highest BCUT2D eigenvalue weighted by molar-refractivity contribution is 5.77. The number of aryl methyl sites for hydroxylation is 1. The van der Waals surface area contributed by atoms with Crippen LogP contribution in [0.15, 0.2) is 42.5 Å². The second-order valence-corrected chi connectivity index (χ2v) is 6.53. The highest BCUT2D eigenvalue weighted by Crippen LogP contribution is 2.31. The second kappa shape index (κ2) is 8.21. The molecule has 0 unspecified atom stereocenters. The normalized spacial score (nSPS) is 13.3. The molecular weight excluding hydrogens is 333 g/mol. The number of hydrogen-bond donors (Lipinski definition) is 0. The minimum Gasteiger partial charge on any atom is -0.493 e. The monoisotopic (exact) mass is 357 g/mol. The van der Waals surface area contributed by atoms with Crippen LogP contribution in [0.5, 0.6) is 11.5 Å². The average Bonchev–Trinajstić information content (AvgIpc) is 3.50. The summed E-state index contributed by atoms with van der Waals surface area (Å²) in [7, 11) is 3.19. The number of nitrogens with zero attached hydrogens (tertiary/aromatic N) is 1. The molecule has 5 heteroatoms. The summed E-state index contributed by atoms with van der Waals surface area (Å²) >= 11 is 0. The van der Waals surface area contributed by atoms with Crippen LogP contribution >= 0.6 is 0 Å². The molecule has 1 fully saturated rings. The molecule has 1 saturated carbocycles. The van der Waals surface area contributed by atoms with Gasteiger partial charge in [0.25, 0.3) is 0 Å². The van der Waals surface area contributed by atoms with Crippen LogP contribution in [0.25, 0.3) is 0 Å². The first-order valence-corrected chi connectivity index (χ1v) is 8.86. The van der Waals surface area contributed by atoms with Crippen LogP contribution in [0.4, 0.5) is 4.39 Å². The molecule has 0 N–H and O–H groups in total. The van der Waals surface area contributed by atoms with Crippen molar-refractivity contribution in [2.45, 2.75) is 38.3 Å². The first-order valence-electron chi connectivity index (χ1n) is 8.86. The molecule has 2 aromatic carbocycles. The Morgan fingerprint density at radius 1 is 1.12 bits per heavy atom. The lowest BCUT2D eigenvalue weighted by atomic mass is 10.1. The molecule has 0 atom stereocenters. The molecule has 138 valence electrons. The molecule has 0 heterocycles. The fourth-order valence-electron chi connectivity index (χ4n) is 3.05. The number of amides is 1. The lowest BCUT2D eigenvalue weighted by Crippen LogP contribution is -2.33. The number of rotatable bonds is 8. The SMILES string of the molecule is COc1ccc(CCC(=O)N(Cc2ccccc2F)C2CC2)cc1OC. The van der Waals surface area contributed by atoms with Crippen molar-refractivity contribution < 1.29 is 18.7 Å². The first kappa shape index (κ1) is 18.2. The first-order chi connectivity index (χ1) is 12.6. The van der Waals surface area contributed by atoms with E-state index in [-0.39, 0.29) is 17.8 Å². The minimum absolute atomic E-state index is 0.0607. The van der Waals surface area contributed by atoms with Crippen LogP contribution in [-0.4, -0.2) is 31.1 Å². The fraction of sp³-hybridized carbons (Fsp3) is 0.381. The van der Waals surface area contributed by atoms with Crippen LogP contribution in [-0.2, 0) is 17.8 Å². The third-order valence-corrected chi connectivity index (χ3v) is 4.68. The second-order valence-electron chi connectivity index (χ2n) is 6.53. The molecule has 0 spiro atoms. The van der Waals surface area contributed by atoms with Gasteiger partial charge in [0, 0.05) is 24.6 Å². The molecule has 0 saturated heterocycles. The van der Waals surface area contributed by atoms with Crippen molar-refractivity contribution in [3.8, 4) is 11.5 Å². The van der Waals surface area contributed by atoms with Crippen molar-refractivity contribution in [2.75, 3.05) is 14.2 Å². The molecule has 1 aliphatic carbocycles. The van der Waals surface area contributed by atoms with Crippen molar-refractivity contribution in [1.82, 2.24) is 4.90 Å². The smallest absolute Gasteiger partial charge is 0.223 e. The summed E-state index contributed by atoms with van der Waals surface area (Å²) in [5.41, 5.74) is 1.58. The molecule has 1 aliphatic rings. The molecular formula is C21H24FNO3. The third kappa shape index (κ3) is 4.34. The van der Waals surface area contributed by atoms with E-state index < -0.39 is 0 Å². The van der Waals surface area contributed by atoms with E-state index in [4.69, 9.17) is 9.47 Å².